The molecule has 1 aliphatic heterocycles. The van der Waals surface area contributed by atoms with E-state index < -0.39 is 12.1 Å². The van der Waals surface area contributed by atoms with Crippen LogP contribution in [0, 0.1) is 0 Å². The molecule has 19 heavy (non-hydrogen) atoms. The monoisotopic (exact) mass is 263 g/mol. The van der Waals surface area contributed by atoms with Crippen LogP contribution in [0.2, 0.25) is 0 Å². The SMILES string of the molecule is COc1cccc(NC(=O)N[C@H]2CCCNC2=O)c1. The fourth-order valence-corrected chi connectivity index (χ4v) is 1.94. The van der Waals surface area contributed by atoms with E-state index in [0.717, 1.165) is 6.42 Å². The minimum Gasteiger partial charge on any atom is -0.497 e. The molecule has 1 aliphatic rings. The van der Waals surface area contributed by atoms with Gasteiger partial charge in [0, 0.05) is 18.3 Å². The van der Waals surface area contributed by atoms with Crippen molar-refractivity contribution in [2.24, 2.45) is 0 Å². The predicted octanol–water partition coefficient (Wildman–Crippen LogP) is 1.10. The standard InChI is InChI=1S/C13H17N3O3/c1-19-10-5-2-4-9(8-10)15-13(18)16-11-6-3-7-14-12(11)17/h2,4-5,8,11H,3,6-7H2,1H3,(H,14,17)(H2,15,16,18)/t11-/m0/s1. The van der Waals surface area contributed by atoms with Gasteiger partial charge in [0.05, 0.1) is 7.11 Å². The van der Waals surface area contributed by atoms with Crippen molar-refractivity contribution >= 4 is 17.6 Å². The van der Waals surface area contributed by atoms with Gasteiger partial charge in [0.2, 0.25) is 5.91 Å². The Morgan fingerprint density at radius 3 is 3.05 bits per heavy atom. The van der Waals surface area contributed by atoms with Gasteiger partial charge in [0.25, 0.3) is 0 Å². The number of carbonyl (C=O) groups is 2. The number of hydrogen-bond acceptors (Lipinski definition) is 3. The molecule has 0 bridgehead atoms. The highest BCUT2D eigenvalue weighted by Gasteiger charge is 2.23. The zero-order valence-corrected chi connectivity index (χ0v) is 10.7. The molecular weight excluding hydrogens is 246 g/mol. The first-order chi connectivity index (χ1) is 9.19. The van der Waals surface area contributed by atoms with Gasteiger partial charge in [0.15, 0.2) is 0 Å². The van der Waals surface area contributed by atoms with Gasteiger partial charge in [-0.25, -0.2) is 4.79 Å². The normalized spacial score (nSPS) is 18.4. The molecule has 1 aromatic carbocycles. The first-order valence-corrected chi connectivity index (χ1v) is 6.18. The highest BCUT2D eigenvalue weighted by atomic mass is 16.5. The Morgan fingerprint density at radius 1 is 1.47 bits per heavy atom. The summed E-state index contributed by atoms with van der Waals surface area (Å²) in [5, 5.41) is 8.04. The van der Waals surface area contributed by atoms with Crippen molar-refractivity contribution in [1.29, 1.82) is 0 Å². The Kier molecular flexibility index (Phi) is 4.22. The van der Waals surface area contributed by atoms with Crippen LogP contribution in [0.5, 0.6) is 5.75 Å². The van der Waals surface area contributed by atoms with E-state index in [1.807, 2.05) is 0 Å². The van der Waals surface area contributed by atoms with Crippen molar-refractivity contribution in [1.82, 2.24) is 10.6 Å². The van der Waals surface area contributed by atoms with Gasteiger partial charge < -0.3 is 20.7 Å². The summed E-state index contributed by atoms with van der Waals surface area (Å²) in [6.07, 6.45) is 1.53. The highest BCUT2D eigenvalue weighted by molar-refractivity contribution is 5.94. The van der Waals surface area contributed by atoms with Crippen molar-refractivity contribution in [3.8, 4) is 5.75 Å². The molecule has 1 saturated heterocycles. The molecule has 3 N–H and O–H groups in total. The van der Waals surface area contributed by atoms with E-state index in [0.29, 0.717) is 24.4 Å². The molecule has 2 rings (SSSR count). The molecule has 1 atom stereocenters. The number of piperidine rings is 1. The van der Waals surface area contributed by atoms with Gasteiger partial charge >= 0.3 is 6.03 Å². The number of hydrogen-bond donors (Lipinski definition) is 3. The predicted molar refractivity (Wildman–Crippen MR) is 71.2 cm³/mol. The molecule has 0 spiro atoms. The van der Waals surface area contributed by atoms with Crippen molar-refractivity contribution < 1.29 is 14.3 Å². The number of ether oxygens (including phenoxy) is 1. The minimum atomic E-state index is -0.459. The quantitative estimate of drug-likeness (QED) is 0.764. The van der Waals surface area contributed by atoms with Crippen LogP contribution in [-0.2, 0) is 4.79 Å². The van der Waals surface area contributed by atoms with Crippen LogP contribution in [0.4, 0.5) is 10.5 Å². The number of rotatable bonds is 3. The first kappa shape index (κ1) is 13.2. The van der Waals surface area contributed by atoms with Crippen LogP contribution in [0.15, 0.2) is 24.3 Å². The molecule has 3 amide bonds. The Morgan fingerprint density at radius 2 is 2.32 bits per heavy atom. The summed E-state index contributed by atoms with van der Waals surface area (Å²) in [6, 6.07) is 6.18. The van der Waals surface area contributed by atoms with E-state index in [1.165, 1.54) is 0 Å². The molecule has 0 unspecified atom stereocenters. The van der Waals surface area contributed by atoms with E-state index in [2.05, 4.69) is 16.0 Å². The van der Waals surface area contributed by atoms with Gasteiger partial charge in [-0.15, -0.1) is 0 Å². The van der Waals surface area contributed by atoms with Gasteiger partial charge in [-0.3, -0.25) is 4.79 Å². The van der Waals surface area contributed by atoms with Crippen LogP contribution in [0.1, 0.15) is 12.8 Å². The Bertz CT molecular complexity index is 476. The number of anilines is 1. The molecule has 1 aromatic rings. The number of benzene rings is 1. The molecule has 0 aromatic heterocycles. The zero-order chi connectivity index (χ0) is 13.7. The number of amides is 3. The molecule has 102 valence electrons. The number of methoxy groups -OCH3 is 1. The van der Waals surface area contributed by atoms with Crippen LogP contribution >= 0.6 is 0 Å². The lowest BCUT2D eigenvalue weighted by molar-refractivity contribution is -0.124. The maximum Gasteiger partial charge on any atom is 0.319 e. The van der Waals surface area contributed by atoms with Gasteiger partial charge in [-0.05, 0) is 25.0 Å². The second kappa shape index (κ2) is 6.08. The summed E-state index contributed by atoms with van der Waals surface area (Å²) in [4.78, 5) is 23.3. The summed E-state index contributed by atoms with van der Waals surface area (Å²) in [6.45, 7) is 0.675. The van der Waals surface area contributed by atoms with Gasteiger partial charge in [0.1, 0.15) is 11.8 Å². The smallest absolute Gasteiger partial charge is 0.319 e. The minimum absolute atomic E-state index is 0.132. The molecule has 6 heteroatoms. The van der Waals surface area contributed by atoms with Crippen LogP contribution in [0.3, 0.4) is 0 Å². The van der Waals surface area contributed by atoms with Crippen molar-refractivity contribution in [3.05, 3.63) is 24.3 Å². The lowest BCUT2D eigenvalue weighted by Gasteiger charge is -2.22. The van der Waals surface area contributed by atoms with Crippen molar-refractivity contribution in [2.45, 2.75) is 18.9 Å². The van der Waals surface area contributed by atoms with Crippen molar-refractivity contribution in [2.75, 3.05) is 19.0 Å². The summed E-state index contributed by atoms with van der Waals surface area (Å²) in [5.74, 6) is 0.528. The number of carbonyl (C=O) groups excluding carboxylic acids is 2. The van der Waals surface area contributed by atoms with E-state index in [-0.39, 0.29) is 5.91 Å². The molecule has 6 nitrogen and oxygen atoms in total. The van der Waals surface area contributed by atoms with Crippen LogP contribution in [-0.4, -0.2) is 31.6 Å². The lowest BCUT2D eigenvalue weighted by atomic mass is 10.1. The Hall–Kier alpha value is -2.24. The fraction of sp³-hybridized carbons (Fsp3) is 0.385. The van der Waals surface area contributed by atoms with Crippen molar-refractivity contribution in [3.63, 3.8) is 0 Å². The lowest BCUT2D eigenvalue weighted by Crippen LogP contribution is -2.51. The van der Waals surface area contributed by atoms with Gasteiger partial charge in [-0.1, -0.05) is 6.07 Å². The molecule has 0 radical (unpaired) electrons. The molecule has 0 aliphatic carbocycles. The largest absolute Gasteiger partial charge is 0.497 e. The van der Waals surface area contributed by atoms with Gasteiger partial charge in [-0.2, -0.15) is 0 Å². The maximum absolute atomic E-state index is 11.8. The average molecular weight is 263 g/mol. The maximum atomic E-state index is 11.8. The molecule has 1 heterocycles. The van der Waals surface area contributed by atoms with E-state index in [4.69, 9.17) is 4.74 Å². The number of urea groups is 1. The average Bonchev–Trinajstić information content (AvgIpc) is 2.41. The van der Waals surface area contributed by atoms with Crippen LogP contribution < -0.4 is 20.7 Å². The van der Waals surface area contributed by atoms with E-state index in [1.54, 1.807) is 31.4 Å². The highest BCUT2D eigenvalue weighted by Crippen LogP contribution is 2.16. The molecule has 1 fully saturated rings. The third kappa shape index (κ3) is 3.61. The zero-order valence-electron chi connectivity index (χ0n) is 10.7. The Balaban J connectivity index is 1.91. The van der Waals surface area contributed by atoms with Crippen LogP contribution in [0.25, 0.3) is 0 Å². The fourth-order valence-electron chi connectivity index (χ4n) is 1.94. The first-order valence-electron chi connectivity index (χ1n) is 6.18. The number of nitrogens with one attached hydrogen (secondary N) is 3. The van der Waals surface area contributed by atoms with E-state index >= 15 is 0 Å². The second-order valence-corrected chi connectivity index (χ2v) is 4.32. The topological polar surface area (TPSA) is 79.5 Å². The summed E-state index contributed by atoms with van der Waals surface area (Å²) < 4.78 is 5.07. The third-order valence-electron chi connectivity index (χ3n) is 2.92. The third-order valence-corrected chi connectivity index (χ3v) is 2.92. The van der Waals surface area contributed by atoms with E-state index in [9.17, 15) is 9.59 Å². The molecule has 0 saturated carbocycles. The second-order valence-electron chi connectivity index (χ2n) is 4.32. The summed E-state index contributed by atoms with van der Waals surface area (Å²) >= 11 is 0. The summed E-state index contributed by atoms with van der Waals surface area (Å²) in [7, 11) is 1.56. The summed E-state index contributed by atoms with van der Waals surface area (Å²) in [5.41, 5.74) is 0.619. The Labute approximate surface area is 111 Å². The molecular formula is C13H17N3O3.